The molecule has 4 rings (SSSR count). The number of hydrogen-bond acceptors (Lipinski definition) is 5. The van der Waals surface area contributed by atoms with Gasteiger partial charge in [-0.3, -0.25) is 9.69 Å². The van der Waals surface area contributed by atoms with Crippen LogP contribution in [0.5, 0.6) is 0 Å². The highest BCUT2D eigenvalue weighted by Gasteiger charge is 2.20. The highest BCUT2D eigenvalue weighted by molar-refractivity contribution is 8.00. The van der Waals surface area contributed by atoms with E-state index in [1.54, 1.807) is 29.6 Å². The number of amides is 1. The molecule has 2 aromatic carbocycles. The minimum absolute atomic E-state index is 0. The van der Waals surface area contributed by atoms with Crippen molar-refractivity contribution < 1.29 is 9.18 Å². The predicted octanol–water partition coefficient (Wildman–Crippen LogP) is 5.58. The van der Waals surface area contributed by atoms with Gasteiger partial charge in [0.25, 0.3) is 0 Å². The van der Waals surface area contributed by atoms with Gasteiger partial charge in [-0.1, -0.05) is 23.5 Å². The first-order valence-electron chi connectivity index (χ1n) is 9.61. The van der Waals surface area contributed by atoms with Crippen molar-refractivity contribution in [3.05, 3.63) is 72.6 Å². The SMILES string of the molecule is Cc1cccc2sc(N(CCCn3ccnc3)C(=O)CSc3ccc(F)cc3)nc12.Cl. The topological polar surface area (TPSA) is 51.0 Å². The Morgan fingerprint density at radius 2 is 2.03 bits per heavy atom. The number of carbonyl (C=O) groups excluding carboxylic acids is 1. The molecule has 162 valence electrons. The molecule has 0 fully saturated rings. The lowest BCUT2D eigenvalue weighted by atomic mass is 10.2. The lowest BCUT2D eigenvalue weighted by Crippen LogP contribution is -2.33. The summed E-state index contributed by atoms with van der Waals surface area (Å²) in [7, 11) is 0. The summed E-state index contributed by atoms with van der Waals surface area (Å²) >= 11 is 2.94. The fraction of sp³-hybridized carbons (Fsp3) is 0.227. The molecule has 0 aliphatic heterocycles. The molecule has 0 atom stereocenters. The number of hydrogen-bond donors (Lipinski definition) is 0. The smallest absolute Gasteiger partial charge is 0.239 e. The molecule has 0 aliphatic carbocycles. The number of thioether (sulfide) groups is 1. The number of rotatable bonds is 8. The molecule has 0 saturated carbocycles. The summed E-state index contributed by atoms with van der Waals surface area (Å²) in [4.78, 5) is 24.6. The number of benzene rings is 2. The van der Waals surface area contributed by atoms with Crippen molar-refractivity contribution >= 4 is 56.8 Å². The summed E-state index contributed by atoms with van der Waals surface area (Å²) in [6, 6.07) is 12.3. The van der Waals surface area contributed by atoms with Gasteiger partial charge in [0, 0.05) is 30.4 Å². The van der Waals surface area contributed by atoms with E-state index >= 15 is 0 Å². The Morgan fingerprint density at radius 1 is 1.23 bits per heavy atom. The second-order valence-corrected chi connectivity index (χ2v) is 8.92. The molecule has 0 N–H and O–H groups in total. The molecular weight excluding hydrogens is 455 g/mol. The first-order chi connectivity index (χ1) is 14.6. The van der Waals surface area contributed by atoms with E-state index in [1.165, 1.54) is 35.2 Å². The number of aryl methyl sites for hydroxylation is 2. The zero-order valence-electron chi connectivity index (χ0n) is 16.9. The number of anilines is 1. The molecule has 0 spiro atoms. The Kier molecular flexibility index (Phi) is 8.06. The number of nitrogens with zero attached hydrogens (tertiary/aromatic N) is 4. The van der Waals surface area contributed by atoms with Gasteiger partial charge >= 0.3 is 0 Å². The molecule has 1 amide bonds. The van der Waals surface area contributed by atoms with Gasteiger partial charge in [0.1, 0.15) is 5.82 Å². The van der Waals surface area contributed by atoms with Crippen LogP contribution in [0.4, 0.5) is 9.52 Å². The molecule has 0 aliphatic rings. The normalized spacial score (nSPS) is 10.8. The second kappa shape index (κ2) is 10.7. The lowest BCUT2D eigenvalue weighted by molar-refractivity contribution is -0.116. The van der Waals surface area contributed by atoms with Crippen molar-refractivity contribution in [3.63, 3.8) is 0 Å². The van der Waals surface area contributed by atoms with Crippen LogP contribution in [0.1, 0.15) is 12.0 Å². The fourth-order valence-corrected chi connectivity index (χ4v) is 4.96. The van der Waals surface area contributed by atoms with E-state index in [0.29, 0.717) is 6.54 Å². The lowest BCUT2D eigenvalue weighted by Gasteiger charge is -2.20. The van der Waals surface area contributed by atoms with Crippen molar-refractivity contribution in [3.8, 4) is 0 Å². The van der Waals surface area contributed by atoms with Crippen LogP contribution in [0.15, 0.2) is 66.1 Å². The molecule has 2 aromatic heterocycles. The third-order valence-electron chi connectivity index (χ3n) is 4.67. The van der Waals surface area contributed by atoms with E-state index in [9.17, 15) is 9.18 Å². The average Bonchev–Trinajstić information content (AvgIpc) is 3.41. The van der Waals surface area contributed by atoms with Crippen molar-refractivity contribution in [2.24, 2.45) is 0 Å². The molecule has 2 heterocycles. The van der Waals surface area contributed by atoms with Gasteiger partial charge in [-0.2, -0.15) is 0 Å². The molecule has 9 heteroatoms. The van der Waals surface area contributed by atoms with Crippen LogP contribution in [0.2, 0.25) is 0 Å². The maximum absolute atomic E-state index is 13.1. The number of imidazole rings is 1. The Labute approximate surface area is 194 Å². The minimum atomic E-state index is -0.281. The maximum Gasteiger partial charge on any atom is 0.239 e. The monoisotopic (exact) mass is 476 g/mol. The standard InChI is InChI=1S/C22H21FN4OS2.ClH/c1-16-4-2-5-19-21(16)25-22(30-19)27(12-3-11-26-13-10-24-15-26)20(28)14-29-18-8-6-17(23)7-9-18;/h2,4-10,13,15H,3,11-12,14H2,1H3;1H. The number of halogens is 2. The summed E-state index contributed by atoms with van der Waals surface area (Å²) in [5.41, 5.74) is 2.04. The molecule has 0 bridgehead atoms. The quantitative estimate of drug-likeness (QED) is 0.311. The van der Waals surface area contributed by atoms with E-state index in [2.05, 4.69) is 4.98 Å². The van der Waals surface area contributed by atoms with Gasteiger partial charge in [0.15, 0.2) is 5.13 Å². The highest BCUT2D eigenvalue weighted by Crippen LogP contribution is 2.31. The van der Waals surface area contributed by atoms with Gasteiger partial charge in [0.05, 0.1) is 22.3 Å². The zero-order chi connectivity index (χ0) is 20.9. The average molecular weight is 477 g/mol. The van der Waals surface area contributed by atoms with Crippen LogP contribution in [0.25, 0.3) is 10.2 Å². The van der Waals surface area contributed by atoms with E-state index in [-0.39, 0.29) is 29.9 Å². The Balaban J connectivity index is 0.00000272. The summed E-state index contributed by atoms with van der Waals surface area (Å²) in [5, 5.41) is 0.717. The minimum Gasteiger partial charge on any atom is -0.337 e. The number of thiazole rings is 1. The van der Waals surface area contributed by atoms with Crippen molar-refractivity contribution in [2.45, 2.75) is 24.8 Å². The summed E-state index contributed by atoms with van der Waals surface area (Å²) < 4.78 is 16.2. The number of fused-ring (bicyclic) bond motifs is 1. The van der Waals surface area contributed by atoms with Crippen molar-refractivity contribution in [1.82, 2.24) is 14.5 Å². The van der Waals surface area contributed by atoms with E-state index in [0.717, 1.165) is 38.8 Å². The fourth-order valence-electron chi connectivity index (χ4n) is 3.10. The van der Waals surface area contributed by atoms with Crippen molar-refractivity contribution in [1.29, 1.82) is 0 Å². The number of carbonyl (C=O) groups is 1. The maximum atomic E-state index is 13.1. The van der Waals surface area contributed by atoms with Gasteiger partial charge in [-0.05, 0) is 49.2 Å². The Morgan fingerprint density at radius 3 is 2.74 bits per heavy atom. The van der Waals surface area contributed by atoms with Crippen LogP contribution >= 0.6 is 35.5 Å². The van der Waals surface area contributed by atoms with Crippen molar-refractivity contribution in [2.75, 3.05) is 17.2 Å². The predicted molar refractivity (Wildman–Crippen MR) is 128 cm³/mol. The first-order valence-corrected chi connectivity index (χ1v) is 11.4. The van der Waals surface area contributed by atoms with Crippen LogP contribution in [0, 0.1) is 12.7 Å². The third kappa shape index (κ3) is 5.84. The van der Waals surface area contributed by atoms with Gasteiger partial charge in [-0.15, -0.1) is 24.2 Å². The van der Waals surface area contributed by atoms with Crippen LogP contribution < -0.4 is 4.90 Å². The second-order valence-electron chi connectivity index (χ2n) is 6.86. The van der Waals surface area contributed by atoms with E-state index in [1.807, 2.05) is 35.9 Å². The third-order valence-corrected chi connectivity index (χ3v) is 6.71. The molecule has 5 nitrogen and oxygen atoms in total. The van der Waals surface area contributed by atoms with Gasteiger partial charge < -0.3 is 4.57 Å². The number of para-hydroxylation sites is 1. The molecule has 0 saturated heterocycles. The van der Waals surface area contributed by atoms with Gasteiger partial charge in [-0.25, -0.2) is 14.4 Å². The summed E-state index contributed by atoms with van der Waals surface area (Å²) in [5.74, 6) is -0.0191. The number of aromatic nitrogens is 3. The van der Waals surface area contributed by atoms with E-state index < -0.39 is 0 Å². The highest BCUT2D eigenvalue weighted by atomic mass is 35.5. The Hall–Kier alpha value is -2.42. The molecule has 0 radical (unpaired) electrons. The van der Waals surface area contributed by atoms with Gasteiger partial charge in [0.2, 0.25) is 5.91 Å². The molecule has 0 unspecified atom stereocenters. The zero-order valence-corrected chi connectivity index (χ0v) is 19.4. The summed E-state index contributed by atoms with van der Waals surface area (Å²) in [6.07, 6.45) is 6.23. The molecular formula is C22H22ClFN4OS2. The largest absolute Gasteiger partial charge is 0.337 e. The summed E-state index contributed by atoms with van der Waals surface area (Å²) in [6.45, 7) is 3.38. The molecule has 4 aromatic rings. The van der Waals surface area contributed by atoms with E-state index in [4.69, 9.17) is 4.98 Å². The van der Waals surface area contributed by atoms with Crippen LogP contribution in [-0.2, 0) is 11.3 Å². The first kappa shape index (κ1) is 23.2. The van der Waals surface area contributed by atoms with Crippen LogP contribution in [-0.4, -0.2) is 32.7 Å². The van der Waals surface area contributed by atoms with Crippen LogP contribution in [0.3, 0.4) is 0 Å². The molecule has 31 heavy (non-hydrogen) atoms. The Bertz CT molecular complexity index is 1130.